The van der Waals surface area contributed by atoms with Crippen LogP contribution in [0.15, 0.2) is 30.5 Å². The first kappa shape index (κ1) is 14.3. The highest BCUT2D eigenvalue weighted by Crippen LogP contribution is 2.27. The number of para-hydroxylation sites is 1. The van der Waals surface area contributed by atoms with Gasteiger partial charge in [-0.3, -0.25) is 9.69 Å². The fraction of sp³-hybridized carbons (Fsp3) is 0.500. The Morgan fingerprint density at radius 1 is 1.24 bits per heavy atom. The quantitative estimate of drug-likeness (QED) is 0.865. The Morgan fingerprint density at radius 2 is 1.95 bits per heavy atom. The molecule has 3 heteroatoms. The highest BCUT2D eigenvalue weighted by Gasteiger charge is 2.23. The Hall–Kier alpha value is -1.61. The lowest BCUT2D eigenvalue weighted by Gasteiger charge is -2.33. The molecule has 0 unspecified atom stereocenters. The number of nitrogens with one attached hydrogen (secondary N) is 1. The largest absolute Gasteiger partial charge is 0.360 e. The number of nitrogens with zero attached hydrogens (tertiary/aromatic N) is 1. The van der Waals surface area contributed by atoms with Crippen LogP contribution in [0.3, 0.4) is 0 Å². The molecule has 0 radical (unpaired) electrons. The molecule has 3 nitrogen and oxygen atoms in total. The van der Waals surface area contributed by atoms with Crippen molar-refractivity contribution in [3.63, 3.8) is 0 Å². The number of likely N-dealkylation sites (N-methyl/N-ethyl adjacent to an activating group) is 1. The van der Waals surface area contributed by atoms with E-state index in [2.05, 4.69) is 23.9 Å². The van der Waals surface area contributed by atoms with Crippen LogP contribution in [0.2, 0.25) is 0 Å². The van der Waals surface area contributed by atoms with Gasteiger partial charge in [-0.2, -0.15) is 0 Å². The third kappa shape index (κ3) is 3.03. The summed E-state index contributed by atoms with van der Waals surface area (Å²) in [6, 6.07) is 8.57. The topological polar surface area (TPSA) is 36.1 Å². The molecule has 1 aliphatic carbocycles. The SMILES string of the molecule is CC1CCC(N(C)CC(=O)c2c[nH]c3ccccc23)CC1. The summed E-state index contributed by atoms with van der Waals surface area (Å²) in [4.78, 5) is 18.0. The van der Waals surface area contributed by atoms with Gasteiger partial charge in [0.1, 0.15) is 0 Å². The molecule has 0 amide bonds. The Labute approximate surface area is 126 Å². The first-order chi connectivity index (χ1) is 10.1. The lowest BCUT2D eigenvalue weighted by atomic mass is 9.86. The van der Waals surface area contributed by atoms with Crippen LogP contribution in [0.4, 0.5) is 0 Å². The zero-order chi connectivity index (χ0) is 14.8. The van der Waals surface area contributed by atoms with Gasteiger partial charge in [0.2, 0.25) is 0 Å². The van der Waals surface area contributed by atoms with Crippen LogP contribution in [0.1, 0.15) is 43.0 Å². The van der Waals surface area contributed by atoms with Gasteiger partial charge in [-0.05, 0) is 44.7 Å². The first-order valence-corrected chi connectivity index (χ1v) is 7.94. The van der Waals surface area contributed by atoms with Gasteiger partial charge in [0.15, 0.2) is 5.78 Å². The number of ketones is 1. The number of rotatable bonds is 4. The standard InChI is InChI=1S/C18H24N2O/c1-13-7-9-14(10-8-13)20(2)12-18(21)16-11-19-17-6-4-3-5-15(16)17/h3-6,11,13-14,19H,7-10,12H2,1-2H3. The van der Waals surface area contributed by atoms with Gasteiger partial charge in [-0.1, -0.05) is 25.1 Å². The van der Waals surface area contributed by atoms with E-state index in [0.717, 1.165) is 22.4 Å². The van der Waals surface area contributed by atoms with Crippen LogP contribution >= 0.6 is 0 Å². The van der Waals surface area contributed by atoms with Crippen LogP contribution in [-0.2, 0) is 0 Å². The Kier molecular flexibility index (Phi) is 4.11. The molecule has 1 aliphatic rings. The maximum absolute atomic E-state index is 12.6. The van der Waals surface area contributed by atoms with Crippen molar-refractivity contribution < 1.29 is 4.79 Å². The highest BCUT2D eigenvalue weighted by atomic mass is 16.1. The summed E-state index contributed by atoms with van der Waals surface area (Å²) in [6.45, 7) is 2.84. The summed E-state index contributed by atoms with van der Waals surface area (Å²) in [5, 5.41) is 1.04. The fourth-order valence-corrected chi connectivity index (χ4v) is 3.43. The minimum absolute atomic E-state index is 0.216. The minimum Gasteiger partial charge on any atom is -0.360 e. The second kappa shape index (κ2) is 6.02. The van der Waals surface area contributed by atoms with E-state index < -0.39 is 0 Å². The molecule has 3 rings (SSSR count). The molecule has 1 saturated carbocycles. The zero-order valence-corrected chi connectivity index (χ0v) is 12.9. The number of hydrogen-bond donors (Lipinski definition) is 1. The molecule has 112 valence electrons. The van der Waals surface area contributed by atoms with Crippen molar-refractivity contribution in [3.05, 3.63) is 36.0 Å². The molecule has 1 fully saturated rings. The van der Waals surface area contributed by atoms with E-state index in [9.17, 15) is 4.79 Å². The first-order valence-electron chi connectivity index (χ1n) is 7.94. The van der Waals surface area contributed by atoms with Gasteiger partial charge in [-0.15, -0.1) is 0 Å². The van der Waals surface area contributed by atoms with Crippen molar-refractivity contribution >= 4 is 16.7 Å². The molecule has 2 aromatic rings. The average molecular weight is 284 g/mol. The average Bonchev–Trinajstić information content (AvgIpc) is 2.92. The molecule has 1 N–H and O–H groups in total. The van der Waals surface area contributed by atoms with Crippen molar-refractivity contribution in [1.82, 2.24) is 9.88 Å². The second-order valence-corrected chi connectivity index (χ2v) is 6.50. The van der Waals surface area contributed by atoms with Gasteiger partial charge in [0.25, 0.3) is 0 Å². The van der Waals surface area contributed by atoms with Crippen LogP contribution in [-0.4, -0.2) is 35.3 Å². The number of hydrogen-bond acceptors (Lipinski definition) is 2. The number of H-pyrrole nitrogens is 1. The van der Waals surface area contributed by atoms with E-state index in [1.165, 1.54) is 25.7 Å². The molecule has 0 bridgehead atoms. The normalized spacial score (nSPS) is 22.8. The van der Waals surface area contributed by atoms with E-state index in [4.69, 9.17) is 0 Å². The summed E-state index contributed by atoms with van der Waals surface area (Å²) in [7, 11) is 2.09. The number of fused-ring (bicyclic) bond motifs is 1. The van der Waals surface area contributed by atoms with Crippen molar-refractivity contribution in [2.24, 2.45) is 5.92 Å². The van der Waals surface area contributed by atoms with E-state index in [-0.39, 0.29) is 5.78 Å². The number of aromatic nitrogens is 1. The Bertz CT molecular complexity index is 623. The summed E-state index contributed by atoms with van der Waals surface area (Å²) in [6.07, 6.45) is 6.87. The van der Waals surface area contributed by atoms with Gasteiger partial charge < -0.3 is 4.98 Å². The number of carbonyl (C=O) groups is 1. The van der Waals surface area contributed by atoms with Gasteiger partial charge in [0.05, 0.1) is 6.54 Å². The molecule has 1 aromatic heterocycles. The van der Waals surface area contributed by atoms with Crippen LogP contribution < -0.4 is 0 Å². The van der Waals surface area contributed by atoms with Crippen molar-refractivity contribution in [1.29, 1.82) is 0 Å². The summed E-state index contributed by atoms with van der Waals surface area (Å²) in [5.41, 5.74) is 1.86. The second-order valence-electron chi connectivity index (χ2n) is 6.50. The van der Waals surface area contributed by atoms with Gasteiger partial charge in [-0.25, -0.2) is 0 Å². The molecule has 0 atom stereocenters. The summed E-state index contributed by atoms with van der Waals surface area (Å²) in [5.74, 6) is 1.06. The highest BCUT2D eigenvalue weighted by molar-refractivity contribution is 6.08. The Morgan fingerprint density at radius 3 is 2.71 bits per heavy atom. The Balaban J connectivity index is 1.68. The molecule has 0 saturated heterocycles. The molecule has 0 aliphatic heterocycles. The van der Waals surface area contributed by atoms with Gasteiger partial charge >= 0.3 is 0 Å². The van der Waals surface area contributed by atoms with Crippen molar-refractivity contribution in [2.75, 3.05) is 13.6 Å². The molecule has 1 heterocycles. The summed E-state index contributed by atoms with van der Waals surface area (Å²) >= 11 is 0. The van der Waals surface area contributed by atoms with E-state index >= 15 is 0 Å². The van der Waals surface area contributed by atoms with E-state index in [1.54, 1.807) is 0 Å². The number of Topliss-reactive ketones (excluding diaryl/α,β-unsaturated/α-hetero) is 1. The number of aromatic amines is 1. The smallest absolute Gasteiger partial charge is 0.178 e. The zero-order valence-electron chi connectivity index (χ0n) is 12.9. The van der Waals surface area contributed by atoms with Crippen molar-refractivity contribution in [2.45, 2.75) is 38.6 Å². The minimum atomic E-state index is 0.216. The number of carbonyl (C=O) groups excluding carboxylic acids is 1. The predicted molar refractivity (Wildman–Crippen MR) is 86.7 cm³/mol. The molecule has 21 heavy (non-hydrogen) atoms. The lowest BCUT2D eigenvalue weighted by Crippen LogP contribution is -2.38. The molecule has 0 spiro atoms. The fourth-order valence-electron chi connectivity index (χ4n) is 3.43. The maximum Gasteiger partial charge on any atom is 0.178 e. The third-order valence-corrected chi connectivity index (χ3v) is 4.89. The number of benzene rings is 1. The molecular formula is C18H24N2O. The summed E-state index contributed by atoms with van der Waals surface area (Å²) < 4.78 is 0. The maximum atomic E-state index is 12.6. The van der Waals surface area contributed by atoms with Crippen molar-refractivity contribution in [3.8, 4) is 0 Å². The molecule has 1 aromatic carbocycles. The van der Waals surface area contributed by atoms with E-state index in [1.807, 2.05) is 30.5 Å². The lowest BCUT2D eigenvalue weighted by molar-refractivity contribution is 0.0890. The molecular weight excluding hydrogens is 260 g/mol. The predicted octanol–water partition coefficient (Wildman–Crippen LogP) is 3.86. The van der Waals surface area contributed by atoms with E-state index in [0.29, 0.717) is 12.6 Å². The van der Waals surface area contributed by atoms with Gasteiger partial charge in [0, 0.05) is 28.7 Å². The van der Waals surface area contributed by atoms with Crippen LogP contribution in [0.25, 0.3) is 10.9 Å². The van der Waals surface area contributed by atoms with Crippen LogP contribution in [0, 0.1) is 5.92 Å². The third-order valence-electron chi connectivity index (χ3n) is 4.89. The monoisotopic (exact) mass is 284 g/mol. The van der Waals surface area contributed by atoms with Crippen LogP contribution in [0.5, 0.6) is 0 Å².